The minimum Gasteiger partial charge on any atom is -0.459 e. The van der Waals surface area contributed by atoms with E-state index in [0.29, 0.717) is 5.75 Å². The van der Waals surface area contributed by atoms with Gasteiger partial charge in [0.15, 0.2) is 0 Å². The quantitative estimate of drug-likeness (QED) is 0.780. The van der Waals surface area contributed by atoms with E-state index in [0.717, 1.165) is 10.1 Å². The van der Waals surface area contributed by atoms with Crippen molar-refractivity contribution in [1.82, 2.24) is 0 Å². The summed E-state index contributed by atoms with van der Waals surface area (Å²) in [6, 6.07) is 3.85. The molecular weight excluding hydrogens is 264 g/mol. The Morgan fingerprint density at radius 1 is 1.50 bits per heavy atom. The number of thioether (sulfide) groups is 1. The molecule has 90 valence electrons. The Balaban J connectivity index is 2.23. The molecule has 0 N–H and O–H groups in total. The first-order valence-electron chi connectivity index (χ1n) is 4.90. The largest absolute Gasteiger partial charge is 0.459 e. The van der Waals surface area contributed by atoms with Crippen molar-refractivity contribution < 1.29 is 9.53 Å². The van der Waals surface area contributed by atoms with Gasteiger partial charge in [0, 0.05) is 10.6 Å². The molecular formula is C11H15ClO2S2. The second kappa shape index (κ2) is 5.94. The molecule has 0 saturated carbocycles. The molecule has 0 atom stereocenters. The van der Waals surface area contributed by atoms with E-state index in [4.69, 9.17) is 16.3 Å². The normalized spacial score (nSPS) is 11.5. The Hall–Kier alpha value is -0.190. The molecule has 0 spiro atoms. The molecule has 16 heavy (non-hydrogen) atoms. The van der Waals surface area contributed by atoms with Crippen LogP contribution in [0.2, 0.25) is 4.34 Å². The minimum absolute atomic E-state index is 0.167. The van der Waals surface area contributed by atoms with Crippen LogP contribution in [0.25, 0.3) is 0 Å². The van der Waals surface area contributed by atoms with Crippen molar-refractivity contribution in [3.8, 4) is 0 Å². The minimum atomic E-state index is -0.399. The van der Waals surface area contributed by atoms with Gasteiger partial charge in [-0.1, -0.05) is 11.6 Å². The van der Waals surface area contributed by atoms with Crippen LogP contribution in [0.3, 0.4) is 0 Å². The topological polar surface area (TPSA) is 26.3 Å². The molecule has 0 aliphatic carbocycles. The summed E-state index contributed by atoms with van der Waals surface area (Å²) < 4.78 is 5.98. The first-order valence-corrected chi connectivity index (χ1v) is 7.25. The molecule has 0 radical (unpaired) electrons. The molecule has 0 bridgehead atoms. The fraction of sp³-hybridized carbons (Fsp3) is 0.545. The number of rotatable bonds is 4. The number of thiophene rings is 1. The SMILES string of the molecule is CC(C)(C)OC(=O)CSCc1ccc(Cl)s1. The molecule has 1 rings (SSSR count). The van der Waals surface area contributed by atoms with Crippen molar-refractivity contribution in [2.24, 2.45) is 0 Å². The van der Waals surface area contributed by atoms with Crippen LogP contribution in [0.4, 0.5) is 0 Å². The molecule has 0 fully saturated rings. The number of halogens is 1. The highest BCUT2D eigenvalue weighted by Crippen LogP contribution is 2.25. The summed E-state index contributed by atoms with van der Waals surface area (Å²) in [5.41, 5.74) is -0.399. The van der Waals surface area contributed by atoms with Gasteiger partial charge in [0.1, 0.15) is 5.60 Å². The van der Waals surface area contributed by atoms with E-state index in [2.05, 4.69) is 0 Å². The Bertz CT molecular complexity index is 355. The molecule has 0 aromatic carbocycles. The third-order valence-electron chi connectivity index (χ3n) is 1.51. The zero-order chi connectivity index (χ0) is 12.2. The number of hydrogen-bond donors (Lipinski definition) is 0. The van der Waals surface area contributed by atoms with Crippen molar-refractivity contribution in [3.05, 3.63) is 21.3 Å². The standard InChI is InChI=1S/C11H15ClO2S2/c1-11(2,3)14-10(13)7-15-6-8-4-5-9(12)16-8/h4-5H,6-7H2,1-3H3. The maximum Gasteiger partial charge on any atom is 0.316 e. The van der Waals surface area contributed by atoms with Crippen LogP contribution in [-0.2, 0) is 15.3 Å². The molecule has 1 aromatic rings. The van der Waals surface area contributed by atoms with E-state index in [1.54, 1.807) is 23.1 Å². The summed E-state index contributed by atoms with van der Waals surface area (Å²) in [5.74, 6) is 1.02. The predicted molar refractivity (Wildman–Crippen MR) is 71.3 cm³/mol. The van der Waals surface area contributed by atoms with Gasteiger partial charge in [-0.25, -0.2) is 0 Å². The van der Waals surface area contributed by atoms with Crippen LogP contribution < -0.4 is 0 Å². The van der Waals surface area contributed by atoms with Gasteiger partial charge in [-0.3, -0.25) is 4.79 Å². The van der Waals surface area contributed by atoms with Crippen LogP contribution in [0.15, 0.2) is 12.1 Å². The number of ether oxygens (including phenoxy) is 1. The zero-order valence-corrected chi connectivity index (χ0v) is 12.0. The van der Waals surface area contributed by atoms with Crippen molar-refractivity contribution in [2.45, 2.75) is 32.1 Å². The molecule has 1 heterocycles. The highest BCUT2D eigenvalue weighted by Gasteiger charge is 2.15. The maximum absolute atomic E-state index is 11.4. The van der Waals surface area contributed by atoms with Gasteiger partial charge in [-0.15, -0.1) is 23.1 Å². The van der Waals surface area contributed by atoms with E-state index < -0.39 is 5.60 Å². The number of esters is 1. The van der Waals surface area contributed by atoms with E-state index >= 15 is 0 Å². The predicted octanol–water partition coefficient (Wildman–Crippen LogP) is 3.98. The summed E-state index contributed by atoms with van der Waals surface area (Å²) in [5, 5.41) is 0. The van der Waals surface area contributed by atoms with Crippen LogP contribution in [-0.4, -0.2) is 17.3 Å². The number of carbonyl (C=O) groups is 1. The van der Waals surface area contributed by atoms with Crippen molar-refractivity contribution in [1.29, 1.82) is 0 Å². The zero-order valence-electron chi connectivity index (χ0n) is 9.58. The van der Waals surface area contributed by atoms with Crippen LogP contribution in [0, 0.1) is 0 Å². The Morgan fingerprint density at radius 2 is 2.19 bits per heavy atom. The lowest BCUT2D eigenvalue weighted by Gasteiger charge is -2.19. The third-order valence-corrected chi connectivity index (χ3v) is 3.88. The van der Waals surface area contributed by atoms with Crippen LogP contribution >= 0.6 is 34.7 Å². The van der Waals surface area contributed by atoms with Gasteiger partial charge < -0.3 is 4.74 Å². The number of hydrogen-bond acceptors (Lipinski definition) is 4. The third kappa shape index (κ3) is 5.77. The highest BCUT2D eigenvalue weighted by atomic mass is 35.5. The Labute approximate surface area is 109 Å². The van der Waals surface area contributed by atoms with E-state index in [1.165, 1.54) is 4.88 Å². The first-order chi connectivity index (χ1) is 7.37. The summed E-state index contributed by atoms with van der Waals surface area (Å²) in [4.78, 5) is 12.6. The second-order valence-corrected chi connectivity index (χ2v) is 7.07. The number of carbonyl (C=O) groups excluding carboxylic acids is 1. The lowest BCUT2D eigenvalue weighted by Crippen LogP contribution is -2.24. The molecule has 0 aliphatic rings. The average Bonchev–Trinajstić information content (AvgIpc) is 2.48. The molecule has 0 aliphatic heterocycles. The lowest BCUT2D eigenvalue weighted by molar-refractivity contribution is -0.151. The fourth-order valence-electron chi connectivity index (χ4n) is 1.04. The monoisotopic (exact) mass is 278 g/mol. The highest BCUT2D eigenvalue weighted by molar-refractivity contribution is 7.99. The summed E-state index contributed by atoms with van der Waals surface area (Å²) >= 11 is 8.90. The van der Waals surface area contributed by atoms with Gasteiger partial charge in [0.25, 0.3) is 0 Å². The van der Waals surface area contributed by atoms with Crippen LogP contribution in [0.5, 0.6) is 0 Å². The van der Waals surface area contributed by atoms with Gasteiger partial charge in [0.05, 0.1) is 10.1 Å². The Kier molecular flexibility index (Phi) is 5.15. The average molecular weight is 279 g/mol. The van der Waals surface area contributed by atoms with E-state index in [9.17, 15) is 4.79 Å². The summed E-state index contributed by atoms with van der Waals surface area (Å²) in [7, 11) is 0. The van der Waals surface area contributed by atoms with Crippen molar-refractivity contribution in [3.63, 3.8) is 0 Å². The molecule has 0 unspecified atom stereocenters. The van der Waals surface area contributed by atoms with Gasteiger partial charge >= 0.3 is 5.97 Å². The van der Waals surface area contributed by atoms with E-state index in [1.807, 2.05) is 32.9 Å². The smallest absolute Gasteiger partial charge is 0.316 e. The second-order valence-electron chi connectivity index (χ2n) is 4.29. The Morgan fingerprint density at radius 3 is 2.69 bits per heavy atom. The molecule has 0 amide bonds. The van der Waals surface area contributed by atoms with Gasteiger partial charge in [-0.05, 0) is 32.9 Å². The molecule has 1 aromatic heterocycles. The molecule has 2 nitrogen and oxygen atoms in total. The molecule has 0 saturated heterocycles. The van der Waals surface area contributed by atoms with Crippen molar-refractivity contribution in [2.75, 3.05) is 5.75 Å². The van der Waals surface area contributed by atoms with Gasteiger partial charge in [-0.2, -0.15) is 0 Å². The lowest BCUT2D eigenvalue weighted by atomic mass is 10.2. The first kappa shape index (κ1) is 13.9. The van der Waals surface area contributed by atoms with Crippen molar-refractivity contribution >= 4 is 40.7 Å². The summed E-state index contributed by atoms with van der Waals surface area (Å²) in [6.07, 6.45) is 0. The summed E-state index contributed by atoms with van der Waals surface area (Å²) in [6.45, 7) is 5.61. The van der Waals surface area contributed by atoms with Gasteiger partial charge in [0.2, 0.25) is 0 Å². The van der Waals surface area contributed by atoms with E-state index in [-0.39, 0.29) is 5.97 Å². The maximum atomic E-state index is 11.4. The molecule has 5 heteroatoms. The van der Waals surface area contributed by atoms with Crippen LogP contribution in [0.1, 0.15) is 25.6 Å². The fourth-order valence-corrected chi connectivity index (χ4v) is 3.03.